The van der Waals surface area contributed by atoms with Crippen molar-refractivity contribution in [2.45, 2.75) is 26.7 Å². The summed E-state index contributed by atoms with van der Waals surface area (Å²) in [4.78, 5) is 4.70. The lowest BCUT2D eigenvalue weighted by Gasteiger charge is -2.14. The van der Waals surface area contributed by atoms with Crippen molar-refractivity contribution in [2.24, 2.45) is 0 Å². The molecule has 0 aliphatic carbocycles. The largest absolute Gasteiger partial charge is 0.370 e. The molecule has 1 heterocycles. The Labute approximate surface area is 111 Å². The summed E-state index contributed by atoms with van der Waals surface area (Å²) >= 11 is 3.50. The van der Waals surface area contributed by atoms with E-state index in [-0.39, 0.29) is 0 Å². The summed E-state index contributed by atoms with van der Waals surface area (Å²) in [5, 5.41) is 4.53. The lowest BCUT2D eigenvalue weighted by molar-refractivity contribution is 0.861. The first-order chi connectivity index (χ1) is 8.11. The number of hydrogen-bond acceptors (Lipinski definition) is 2. The minimum atomic E-state index is 0.472. The summed E-state index contributed by atoms with van der Waals surface area (Å²) < 4.78 is 1.10. The molecular formula is C14H17BrN2. The van der Waals surface area contributed by atoms with Crippen LogP contribution in [0.4, 0.5) is 5.82 Å². The molecule has 0 radical (unpaired) electrons. The van der Waals surface area contributed by atoms with E-state index in [1.54, 1.807) is 0 Å². The van der Waals surface area contributed by atoms with Gasteiger partial charge >= 0.3 is 0 Å². The van der Waals surface area contributed by atoms with E-state index >= 15 is 0 Å². The summed E-state index contributed by atoms with van der Waals surface area (Å²) in [5.41, 5.74) is 2.31. The fraction of sp³-hybridized carbons (Fsp3) is 0.357. The van der Waals surface area contributed by atoms with E-state index in [2.05, 4.69) is 54.2 Å². The molecule has 0 fully saturated rings. The second kappa shape index (κ2) is 5.05. The Kier molecular flexibility index (Phi) is 3.67. The quantitative estimate of drug-likeness (QED) is 0.897. The molecular weight excluding hydrogens is 276 g/mol. The normalized spacial score (nSPS) is 11.1. The number of anilines is 1. The highest BCUT2D eigenvalue weighted by molar-refractivity contribution is 9.10. The van der Waals surface area contributed by atoms with Crippen LogP contribution in [0.25, 0.3) is 10.9 Å². The van der Waals surface area contributed by atoms with Crippen LogP contribution in [0, 0.1) is 0 Å². The van der Waals surface area contributed by atoms with Gasteiger partial charge in [-0.1, -0.05) is 29.8 Å². The van der Waals surface area contributed by atoms with Gasteiger partial charge < -0.3 is 5.32 Å². The molecule has 0 aliphatic rings. The number of hydrogen-bond donors (Lipinski definition) is 1. The van der Waals surface area contributed by atoms with Crippen molar-refractivity contribution in [1.29, 1.82) is 0 Å². The van der Waals surface area contributed by atoms with Crippen LogP contribution in [0.15, 0.2) is 28.7 Å². The number of nitrogens with zero attached hydrogens (tertiary/aromatic N) is 1. The van der Waals surface area contributed by atoms with Gasteiger partial charge in [-0.05, 0) is 42.7 Å². The first-order valence-electron chi connectivity index (χ1n) is 5.96. The van der Waals surface area contributed by atoms with Crippen LogP contribution in [0.1, 0.15) is 32.3 Å². The number of fused-ring (bicyclic) bond motifs is 1. The van der Waals surface area contributed by atoms with Gasteiger partial charge in [0.1, 0.15) is 5.82 Å². The van der Waals surface area contributed by atoms with Crippen molar-refractivity contribution in [2.75, 3.05) is 11.9 Å². The van der Waals surface area contributed by atoms with E-state index in [1.807, 2.05) is 12.1 Å². The van der Waals surface area contributed by atoms with Crippen molar-refractivity contribution in [3.05, 3.63) is 34.3 Å². The maximum absolute atomic E-state index is 4.70. The van der Waals surface area contributed by atoms with Gasteiger partial charge in [0.15, 0.2) is 0 Å². The Balaban J connectivity index is 2.63. The molecule has 1 aromatic heterocycles. The number of pyridine rings is 1. The zero-order chi connectivity index (χ0) is 12.4. The topological polar surface area (TPSA) is 24.9 Å². The molecule has 0 atom stereocenters. The van der Waals surface area contributed by atoms with Crippen LogP contribution < -0.4 is 5.32 Å². The number of aromatic nitrogens is 1. The van der Waals surface area contributed by atoms with Gasteiger partial charge in [0.25, 0.3) is 0 Å². The molecule has 0 bridgehead atoms. The third kappa shape index (κ3) is 2.60. The predicted molar refractivity (Wildman–Crippen MR) is 77.7 cm³/mol. The Hall–Kier alpha value is -1.09. The van der Waals surface area contributed by atoms with Crippen molar-refractivity contribution < 1.29 is 0 Å². The summed E-state index contributed by atoms with van der Waals surface area (Å²) in [5.74, 6) is 1.48. The first kappa shape index (κ1) is 12.4. The van der Waals surface area contributed by atoms with Crippen LogP contribution in [-0.2, 0) is 0 Å². The second-order valence-electron chi connectivity index (χ2n) is 4.45. The smallest absolute Gasteiger partial charge is 0.130 e. The number of benzene rings is 1. The Morgan fingerprint density at radius 2 is 2.06 bits per heavy atom. The Bertz CT molecular complexity index is 535. The molecule has 1 aromatic carbocycles. The second-order valence-corrected chi connectivity index (χ2v) is 5.36. The zero-order valence-electron chi connectivity index (χ0n) is 10.4. The third-order valence-electron chi connectivity index (χ3n) is 2.77. The molecule has 2 aromatic rings. The van der Waals surface area contributed by atoms with Crippen LogP contribution in [-0.4, -0.2) is 11.5 Å². The maximum atomic E-state index is 4.70. The average molecular weight is 293 g/mol. The van der Waals surface area contributed by atoms with Crippen LogP contribution in [0.2, 0.25) is 0 Å². The molecule has 0 spiro atoms. The van der Waals surface area contributed by atoms with E-state index in [0.717, 1.165) is 22.4 Å². The third-order valence-corrected chi connectivity index (χ3v) is 3.27. The van der Waals surface area contributed by atoms with Gasteiger partial charge in [-0.25, -0.2) is 4.98 Å². The molecule has 1 N–H and O–H groups in total. The van der Waals surface area contributed by atoms with E-state index < -0.39 is 0 Å². The highest BCUT2D eigenvalue weighted by Gasteiger charge is 2.09. The van der Waals surface area contributed by atoms with Gasteiger partial charge in [-0.2, -0.15) is 0 Å². The molecule has 2 nitrogen and oxygen atoms in total. The summed E-state index contributed by atoms with van der Waals surface area (Å²) in [6.45, 7) is 7.38. The molecule has 17 heavy (non-hydrogen) atoms. The number of halogens is 1. The number of nitrogens with one attached hydrogen (secondary N) is 1. The predicted octanol–water partition coefficient (Wildman–Crippen LogP) is 4.55. The molecule has 0 unspecified atom stereocenters. The van der Waals surface area contributed by atoms with E-state index in [1.165, 1.54) is 10.9 Å². The van der Waals surface area contributed by atoms with Crippen molar-refractivity contribution in [3.8, 4) is 0 Å². The SMILES string of the molecule is CCNc1nc2ccc(Br)cc2cc1C(C)C. The minimum Gasteiger partial charge on any atom is -0.370 e. The van der Waals surface area contributed by atoms with Gasteiger partial charge in [0.2, 0.25) is 0 Å². The van der Waals surface area contributed by atoms with Crippen LogP contribution in [0.3, 0.4) is 0 Å². The average Bonchev–Trinajstić information content (AvgIpc) is 2.28. The molecule has 0 aliphatic heterocycles. The molecule has 0 saturated heterocycles. The molecule has 3 heteroatoms. The van der Waals surface area contributed by atoms with Gasteiger partial charge in [0, 0.05) is 16.4 Å². The lowest BCUT2D eigenvalue weighted by atomic mass is 10.0. The minimum absolute atomic E-state index is 0.472. The van der Waals surface area contributed by atoms with E-state index in [4.69, 9.17) is 4.98 Å². The molecule has 90 valence electrons. The molecule has 2 rings (SSSR count). The van der Waals surface area contributed by atoms with E-state index in [0.29, 0.717) is 5.92 Å². The fourth-order valence-electron chi connectivity index (χ4n) is 1.91. The van der Waals surface area contributed by atoms with Gasteiger partial charge in [-0.3, -0.25) is 0 Å². The Morgan fingerprint density at radius 3 is 2.71 bits per heavy atom. The highest BCUT2D eigenvalue weighted by Crippen LogP contribution is 2.28. The molecule has 0 saturated carbocycles. The lowest BCUT2D eigenvalue weighted by Crippen LogP contribution is -2.04. The van der Waals surface area contributed by atoms with Crippen molar-refractivity contribution in [3.63, 3.8) is 0 Å². The first-order valence-corrected chi connectivity index (χ1v) is 6.75. The van der Waals surface area contributed by atoms with E-state index in [9.17, 15) is 0 Å². The highest BCUT2D eigenvalue weighted by atomic mass is 79.9. The monoisotopic (exact) mass is 292 g/mol. The van der Waals surface area contributed by atoms with Crippen molar-refractivity contribution >= 4 is 32.7 Å². The molecule has 0 amide bonds. The van der Waals surface area contributed by atoms with Gasteiger partial charge in [0.05, 0.1) is 5.52 Å². The Morgan fingerprint density at radius 1 is 1.29 bits per heavy atom. The summed E-state index contributed by atoms with van der Waals surface area (Å²) in [7, 11) is 0. The zero-order valence-corrected chi connectivity index (χ0v) is 12.0. The fourth-order valence-corrected chi connectivity index (χ4v) is 2.29. The van der Waals surface area contributed by atoms with Gasteiger partial charge in [-0.15, -0.1) is 0 Å². The number of rotatable bonds is 3. The summed E-state index contributed by atoms with van der Waals surface area (Å²) in [6.07, 6.45) is 0. The van der Waals surface area contributed by atoms with Crippen LogP contribution in [0.5, 0.6) is 0 Å². The maximum Gasteiger partial charge on any atom is 0.130 e. The van der Waals surface area contributed by atoms with Crippen LogP contribution >= 0.6 is 15.9 Å². The van der Waals surface area contributed by atoms with Crippen molar-refractivity contribution in [1.82, 2.24) is 4.98 Å². The standard InChI is InChI=1S/C14H17BrN2/c1-4-16-14-12(9(2)3)8-10-7-11(15)5-6-13(10)17-14/h5-9H,4H2,1-3H3,(H,16,17). The summed E-state index contributed by atoms with van der Waals surface area (Å²) in [6, 6.07) is 8.42.